The molecule has 0 fully saturated rings. The minimum atomic E-state index is 0.247. The Bertz CT molecular complexity index is 383. The summed E-state index contributed by atoms with van der Waals surface area (Å²) in [6.07, 6.45) is 0.813. The van der Waals surface area contributed by atoms with Crippen molar-refractivity contribution in [1.29, 1.82) is 0 Å². The first kappa shape index (κ1) is 17.0. The van der Waals surface area contributed by atoms with Gasteiger partial charge in [-0.15, -0.1) is 0 Å². The Balaban J connectivity index is 2.61. The molecule has 0 bridgehead atoms. The van der Waals surface area contributed by atoms with Crippen molar-refractivity contribution in [1.82, 2.24) is 5.32 Å². The summed E-state index contributed by atoms with van der Waals surface area (Å²) in [5, 5.41) is 12.3. The highest BCUT2D eigenvalue weighted by atomic mass is 16.5. The van der Waals surface area contributed by atoms with E-state index < -0.39 is 0 Å². The monoisotopic (exact) mass is 280 g/mol. The molecule has 0 spiro atoms. The number of rotatable bonds is 10. The van der Waals surface area contributed by atoms with Crippen molar-refractivity contribution < 1.29 is 9.84 Å². The van der Waals surface area contributed by atoms with Gasteiger partial charge in [0.25, 0.3) is 0 Å². The molecule has 0 radical (unpaired) electrons. The lowest BCUT2D eigenvalue weighted by atomic mass is 10.1. The summed E-state index contributed by atoms with van der Waals surface area (Å²) in [6.45, 7) is 8.89. The minimum absolute atomic E-state index is 0.247. The molecule has 0 aliphatic heterocycles. The van der Waals surface area contributed by atoms with Crippen molar-refractivity contribution in [2.75, 3.05) is 44.9 Å². The summed E-state index contributed by atoms with van der Waals surface area (Å²) in [7, 11) is 1.72. The molecule has 0 aliphatic carbocycles. The molecule has 0 saturated heterocycles. The average molecular weight is 280 g/mol. The van der Waals surface area contributed by atoms with Gasteiger partial charge < -0.3 is 20.1 Å². The van der Waals surface area contributed by atoms with Gasteiger partial charge in [0.15, 0.2) is 0 Å². The zero-order chi connectivity index (χ0) is 14.8. The maximum Gasteiger partial charge on any atom is 0.0587 e. The Morgan fingerprint density at radius 1 is 1.35 bits per heavy atom. The molecule has 1 aromatic rings. The lowest BCUT2D eigenvalue weighted by Crippen LogP contribution is -2.25. The predicted molar refractivity (Wildman–Crippen MR) is 84.4 cm³/mol. The van der Waals surface area contributed by atoms with Gasteiger partial charge in [0.1, 0.15) is 0 Å². The number of nitrogens with zero attached hydrogens (tertiary/aromatic N) is 1. The summed E-state index contributed by atoms with van der Waals surface area (Å²) in [5.74, 6) is 0. The third-order valence-electron chi connectivity index (χ3n) is 3.46. The fourth-order valence-corrected chi connectivity index (χ4v) is 2.20. The van der Waals surface area contributed by atoms with Gasteiger partial charge >= 0.3 is 0 Å². The van der Waals surface area contributed by atoms with Crippen LogP contribution in [0, 0.1) is 6.92 Å². The van der Waals surface area contributed by atoms with Gasteiger partial charge in [-0.1, -0.05) is 6.07 Å². The molecule has 0 saturated carbocycles. The van der Waals surface area contributed by atoms with Crippen molar-refractivity contribution in [3.63, 3.8) is 0 Å². The van der Waals surface area contributed by atoms with E-state index in [-0.39, 0.29) is 6.61 Å². The molecule has 0 aliphatic rings. The topological polar surface area (TPSA) is 44.7 Å². The van der Waals surface area contributed by atoms with E-state index in [4.69, 9.17) is 9.84 Å². The second kappa shape index (κ2) is 9.75. The zero-order valence-electron chi connectivity index (χ0n) is 13.0. The van der Waals surface area contributed by atoms with Gasteiger partial charge in [0, 0.05) is 45.6 Å². The van der Waals surface area contributed by atoms with Crippen LogP contribution in [0.5, 0.6) is 0 Å². The summed E-state index contributed by atoms with van der Waals surface area (Å²) in [5.41, 5.74) is 3.86. The van der Waals surface area contributed by atoms with Crippen molar-refractivity contribution in [2.45, 2.75) is 26.8 Å². The van der Waals surface area contributed by atoms with Gasteiger partial charge in [-0.2, -0.15) is 0 Å². The predicted octanol–water partition coefficient (Wildman–Crippen LogP) is 1.94. The number of hydrogen-bond donors (Lipinski definition) is 2. The molecule has 114 valence electrons. The molecule has 1 aromatic carbocycles. The number of anilines is 1. The molecule has 0 atom stereocenters. The van der Waals surface area contributed by atoms with Crippen LogP contribution >= 0.6 is 0 Å². The molecule has 20 heavy (non-hydrogen) atoms. The molecule has 0 amide bonds. The van der Waals surface area contributed by atoms with Crippen molar-refractivity contribution in [3.05, 3.63) is 29.3 Å². The van der Waals surface area contributed by atoms with E-state index in [0.717, 1.165) is 39.2 Å². The van der Waals surface area contributed by atoms with Crippen LogP contribution in [0.25, 0.3) is 0 Å². The van der Waals surface area contributed by atoms with E-state index in [1.165, 1.54) is 16.8 Å². The van der Waals surface area contributed by atoms with E-state index >= 15 is 0 Å². The average Bonchev–Trinajstić information content (AvgIpc) is 2.46. The van der Waals surface area contributed by atoms with Gasteiger partial charge in [0.05, 0.1) is 6.61 Å². The van der Waals surface area contributed by atoms with Crippen molar-refractivity contribution in [3.8, 4) is 0 Å². The third-order valence-corrected chi connectivity index (χ3v) is 3.46. The smallest absolute Gasteiger partial charge is 0.0587 e. The van der Waals surface area contributed by atoms with Crippen LogP contribution in [-0.4, -0.2) is 45.1 Å². The van der Waals surface area contributed by atoms with Crippen LogP contribution < -0.4 is 10.2 Å². The van der Waals surface area contributed by atoms with Gasteiger partial charge in [-0.3, -0.25) is 0 Å². The molecule has 0 unspecified atom stereocenters. The van der Waals surface area contributed by atoms with Crippen molar-refractivity contribution >= 4 is 5.69 Å². The number of methoxy groups -OCH3 is 1. The van der Waals surface area contributed by atoms with Crippen molar-refractivity contribution in [2.24, 2.45) is 0 Å². The Morgan fingerprint density at radius 3 is 2.75 bits per heavy atom. The summed E-state index contributed by atoms with van der Waals surface area (Å²) >= 11 is 0. The third kappa shape index (κ3) is 5.49. The highest BCUT2D eigenvalue weighted by Crippen LogP contribution is 2.19. The number of hydrogen-bond acceptors (Lipinski definition) is 4. The van der Waals surface area contributed by atoms with E-state index in [9.17, 15) is 0 Å². The summed E-state index contributed by atoms with van der Waals surface area (Å²) < 4.78 is 5.02. The number of aliphatic hydroxyl groups excluding tert-OH is 1. The van der Waals surface area contributed by atoms with E-state index in [1.54, 1.807) is 7.11 Å². The van der Waals surface area contributed by atoms with E-state index in [1.807, 2.05) is 0 Å². The summed E-state index contributed by atoms with van der Waals surface area (Å²) in [6, 6.07) is 6.58. The number of aryl methyl sites for hydroxylation is 1. The van der Waals surface area contributed by atoms with Gasteiger partial charge in [-0.05, 0) is 43.5 Å². The molecule has 4 nitrogen and oxygen atoms in total. The number of ether oxygens (including phenoxy) is 1. The lowest BCUT2D eigenvalue weighted by Gasteiger charge is -2.24. The molecule has 4 heteroatoms. The fraction of sp³-hybridized carbons (Fsp3) is 0.625. The number of aliphatic hydroxyl groups is 1. The highest BCUT2D eigenvalue weighted by Gasteiger charge is 2.06. The molecule has 0 aromatic heterocycles. The standard InChI is InChI=1S/C16H28N2O2/c1-4-18(9-5-10-19)16-7-6-15(14(2)12-16)13-17-8-11-20-3/h6-7,12,17,19H,4-5,8-11,13H2,1-3H3. The summed E-state index contributed by atoms with van der Waals surface area (Å²) in [4.78, 5) is 2.30. The Hall–Kier alpha value is -1.10. The van der Waals surface area contributed by atoms with Gasteiger partial charge in [0.2, 0.25) is 0 Å². The normalized spacial score (nSPS) is 10.8. The minimum Gasteiger partial charge on any atom is -0.396 e. The lowest BCUT2D eigenvalue weighted by molar-refractivity contribution is 0.199. The molecular formula is C16H28N2O2. The Labute approximate surface area is 122 Å². The maximum atomic E-state index is 8.95. The maximum absolute atomic E-state index is 8.95. The first-order valence-electron chi connectivity index (χ1n) is 7.38. The second-order valence-corrected chi connectivity index (χ2v) is 4.94. The van der Waals surface area contributed by atoms with Crippen LogP contribution in [0.3, 0.4) is 0 Å². The molecule has 0 heterocycles. The largest absolute Gasteiger partial charge is 0.396 e. The van der Waals surface area contributed by atoms with Crippen LogP contribution in [0.4, 0.5) is 5.69 Å². The van der Waals surface area contributed by atoms with E-state index in [0.29, 0.717) is 0 Å². The van der Waals surface area contributed by atoms with Crippen LogP contribution in [0.15, 0.2) is 18.2 Å². The van der Waals surface area contributed by atoms with E-state index in [2.05, 4.69) is 42.3 Å². The number of benzene rings is 1. The van der Waals surface area contributed by atoms with Crippen LogP contribution in [0.1, 0.15) is 24.5 Å². The molecule has 1 rings (SSSR count). The molecular weight excluding hydrogens is 252 g/mol. The molecule has 2 N–H and O–H groups in total. The van der Waals surface area contributed by atoms with Crippen LogP contribution in [0.2, 0.25) is 0 Å². The fourth-order valence-electron chi connectivity index (χ4n) is 2.20. The number of nitrogens with one attached hydrogen (secondary N) is 1. The SMILES string of the molecule is CCN(CCCO)c1ccc(CNCCOC)c(C)c1. The van der Waals surface area contributed by atoms with Crippen LogP contribution in [-0.2, 0) is 11.3 Å². The quantitative estimate of drug-likeness (QED) is 0.643. The Morgan fingerprint density at radius 2 is 2.15 bits per heavy atom. The first-order chi connectivity index (χ1) is 9.72. The zero-order valence-corrected chi connectivity index (χ0v) is 13.0. The highest BCUT2D eigenvalue weighted by molar-refractivity contribution is 5.50. The van der Waals surface area contributed by atoms with Gasteiger partial charge in [-0.25, -0.2) is 0 Å². The second-order valence-electron chi connectivity index (χ2n) is 4.94. The first-order valence-corrected chi connectivity index (χ1v) is 7.38. The Kier molecular flexibility index (Phi) is 8.26.